The van der Waals surface area contributed by atoms with E-state index in [4.69, 9.17) is 0 Å². The van der Waals surface area contributed by atoms with Crippen molar-refractivity contribution in [1.82, 2.24) is 0 Å². The number of hydrogen-bond donors (Lipinski definition) is 3. The Bertz CT molecular complexity index is 916. The Kier molecular flexibility index (Phi) is 5.32. The van der Waals surface area contributed by atoms with Gasteiger partial charge in [-0.05, 0) is 96.3 Å². The van der Waals surface area contributed by atoms with E-state index in [0.717, 1.165) is 37.7 Å². The molecule has 3 aliphatic carbocycles. The number of carbonyl (C=O) groups is 1. The van der Waals surface area contributed by atoms with Crippen LogP contribution in [0.4, 0.5) is 0 Å². The van der Waals surface area contributed by atoms with Crippen LogP contribution >= 0.6 is 0 Å². The summed E-state index contributed by atoms with van der Waals surface area (Å²) in [6.45, 7) is 11.6. The van der Waals surface area contributed by atoms with Crippen molar-refractivity contribution < 1.29 is 20.1 Å². The first-order chi connectivity index (χ1) is 14.4. The predicted octanol–water partition coefficient (Wildman–Crippen LogP) is 5.82. The average molecular weight is 427 g/mol. The first kappa shape index (κ1) is 22.4. The summed E-state index contributed by atoms with van der Waals surface area (Å²) in [5.41, 5.74) is 2.50. The number of aliphatic hydroxyl groups is 1. The number of hydrogen-bond acceptors (Lipinski definition) is 3. The van der Waals surface area contributed by atoms with Gasteiger partial charge in [0.2, 0.25) is 0 Å². The zero-order chi connectivity index (χ0) is 22.8. The third kappa shape index (κ3) is 3.51. The van der Waals surface area contributed by atoms with Gasteiger partial charge in [0.15, 0.2) is 0 Å². The molecule has 3 aliphatic rings. The molecule has 4 nitrogen and oxygen atoms in total. The lowest BCUT2D eigenvalue weighted by atomic mass is 9.43. The van der Waals surface area contributed by atoms with Crippen LogP contribution in [0.1, 0.15) is 82.6 Å². The molecule has 2 saturated carbocycles. The monoisotopic (exact) mass is 426 g/mol. The van der Waals surface area contributed by atoms with Crippen molar-refractivity contribution in [3.05, 3.63) is 41.0 Å². The van der Waals surface area contributed by atoms with Gasteiger partial charge >= 0.3 is 5.97 Å². The predicted molar refractivity (Wildman–Crippen MR) is 122 cm³/mol. The number of aliphatic hydroxyl groups excluding tert-OH is 1. The number of rotatable bonds is 3. The SMILES string of the molecule is CC1CC=C2C(CCC3C(C)(C)CC(O)CC23C)C1(C)Cc1cc(C(=O)O)ccc1O. The molecule has 0 amide bonds. The Labute approximate surface area is 186 Å². The van der Waals surface area contributed by atoms with E-state index in [9.17, 15) is 20.1 Å². The highest BCUT2D eigenvalue weighted by molar-refractivity contribution is 5.88. The molecule has 4 rings (SSSR count). The third-order valence-corrected chi connectivity index (χ3v) is 9.42. The summed E-state index contributed by atoms with van der Waals surface area (Å²) in [6.07, 6.45) is 7.81. The molecular weight excluding hydrogens is 388 g/mol. The fourth-order valence-electron chi connectivity index (χ4n) is 7.78. The van der Waals surface area contributed by atoms with E-state index < -0.39 is 5.97 Å². The van der Waals surface area contributed by atoms with Gasteiger partial charge in [0, 0.05) is 0 Å². The smallest absolute Gasteiger partial charge is 0.335 e. The van der Waals surface area contributed by atoms with Gasteiger partial charge in [-0.1, -0.05) is 46.3 Å². The number of phenols is 1. The molecule has 170 valence electrons. The van der Waals surface area contributed by atoms with E-state index in [-0.39, 0.29) is 33.7 Å². The fraction of sp³-hybridized carbons (Fsp3) is 0.667. The van der Waals surface area contributed by atoms with Crippen molar-refractivity contribution in [1.29, 1.82) is 0 Å². The zero-order valence-electron chi connectivity index (χ0n) is 19.6. The molecule has 0 heterocycles. The van der Waals surface area contributed by atoms with E-state index in [1.54, 1.807) is 6.07 Å². The number of carboxylic acid groups (broad SMARTS) is 1. The Hall–Kier alpha value is -1.81. The van der Waals surface area contributed by atoms with Crippen LogP contribution in [-0.4, -0.2) is 27.4 Å². The molecule has 31 heavy (non-hydrogen) atoms. The average Bonchev–Trinajstić information content (AvgIpc) is 2.65. The molecule has 6 unspecified atom stereocenters. The van der Waals surface area contributed by atoms with Crippen molar-refractivity contribution in [2.75, 3.05) is 0 Å². The fourth-order valence-corrected chi connectivity index (χ4v) is 7.78. The lowest BCUT2D eigenvalue weighted by Crippen LogP contribution is -2.55. The highest BCUT2D eigenvalue weighted by Gasteiger charge is 2.58. The second kappa shape index (κ2) is 7.37. The van der Waals surface area contributed by atoms with E-state index in [1.165, 1.54) is 17.7 Å². The highest BCUT2D eigenvalue weighted by atomic mass is 16.4. The minimum atomic E-state index is -0.963. The Morgan fingerprint density at radius 3 is 2.52 bits per heavy atom. The number of benzene rings is 1. The number of allylic oxidation sites excluding steroid dienone is 2. The summed E-state index contributed by atoms with van der Waals surface area (Å²) in [5, 5.41) is 30.7. The van der Waals surface area contributed by atoms with Crippen molar-refractivity contribution in [2.24, 2.45) is 34.0 Å². The molecular formula is C27H38O4. The van der Waals surface area contributed by atoms with Gasteiger partial charge < -0.3 is 15.3 Å². The molecule has 0 saturated heterocycles. The molecule has 0 bridgehead atoms. The quantitative estimate of drug-likeness (QED) is 0.532. The molecule has 0 spiro atoms. The normalized spacial score (nSPS) is 39.2. The summed E-state index contributed by atoms with van der Waals surface area (Å²) in [4.78, 5) is 11.5. The summed E-state index contributed by atoms with van der Waals surface area (Å²) < 4.78 is 0. The molecule has 1 aromatic rings. The van der Waals surface area contributed by atoms with Gasteiger partial charge in [0.05, 0.1) is 11.7 Å². The second-order valence-electron chi connectivity index (χ2n) is 11.8. The Balaban J connectivity index is 1.73. The number of carboxylic acids is 1. The van der Waals surface area contributed by atoms with E-state index >= 15 is 0 Å². The lowest BCUT2D eigenvalue weighted by molar-refractivity contribution is -0.0879. The first-order valence-electron chi connectivity index (χ1n) is 11.8. The van der Waals surface area contributed by atoms with Crippen LogP contribution < -0.4 is 0 Å². The number of phenolic OH excluding ortho intramolecular Hbond substituents is 1. The molecule has 4 heteroatoms. The minimum absolute atomic E-state index is 0.00353. The van der Waals surface area contributed by atoms with Crippen molar-refractivity contribution in [3.63, 3.8) is 0 Å². The second-order valence-corrected chi connectivity index (χ2v) is 11.8. The molecule has 3 N–H and O–H groups in total. The van der Waals surface area contributed by atoms with Crippen LogP contribution in [0, 0.1) is 34.0 Å². The summed E-state index contributed by atoms with van der Waals surface area (Å²) in [6, 6.07) is 4.63. The van der Waals surface area contributed by atoms with E-state index in [0.29, 0.717) is 24.2 Å². The first-order valence-corrected chi connectivity index (χ1v) is 11.8. The van der Waals surface area contributed by atoms with Gasteiger partial charge in [0.1, 0.15) is 5.75 Å². The third-order valence-electron chi connectivity index (χ3n) is 9.42. The van der Waals surface area contributed by atoms with E-state index in [2.05, 4.69) is 40.7 Å². The highest BCUT2D eigenvalue weighted by Crippen LogP contribution is 2.66. The van der Waals surface area contributed by atoms with Crippen molar-refractivity contribution in [3.8, 4) is 5.75 Å². The molecule has 6 atom stereocenters. The van der Waals surface area contributed by atoms with Gasteiger partial charge in [-0.15, -0.1) is 0 Å². The molecule has 0 aliphatic heterocycles. The van der Waals surface area contributed by atoms with Crippen molar-refractivity contribution >= 4 is 5.97 Å². The van der Waals surface area contributed by atoms with Crippen LogP contribution in [0.3, 0.4) is 0 Å². The van der Waals surface area contributed by atoms with Crippen molar-refractivity contribution in [2.45, 2.75) is 79.2 Å². The maximum absolute atomic E-state index is 11.5. The maximum Gasteiger partial charge on any atom is 0.335 e. The van der Waals surface area contributed by atoms with Crippen LogP contribution in [0.25, 0.3) is 0 Å². The molecule has 1 aromatic carbocycles. The van der Waals surface area contributed by atoms with Crippen LogP contribution in [0.5, 0.6) is 5.75 Å². The molecule has 2 fully saturated rings. The maximum atomic E-state index is 11.5. The standard InChI is InChI=1S/C27H38O4/c1-16-6-8-21-20(9-11-23-25(2,3)14-19(28)15-27(21,23)5)26(16,4)13-18-12-17(24(30)31)7-10-22(18)29/h7-8,10,12,16,19-20,23,28-29H,6,9,11,13-15H2,1-5H3,(H,30,31). The van der Waals surface area contributed by atoms with Crippen LogP contribution in [0.15, 0.2) is 29.8 Å². The van der Waals surface area contributed by atoms with Gasteiger partial charge in [0.25, 0.3) is 0 Å². The lowest BCUT2D eigenvalue weighted by Gasteiger charge is -2.62. The van der Waals surface area contributed by atoms with E-state index in [1.807, 2.05) is 0 Å². The number of fused-ring (bicyclic) bond motifs is 3. The van der Waals surface area contributed by atoms with Crippen LogP contribution in [-0.2, 0) is 6.42 Å². The van der Waals surface area contributed by atoms with Crippen LogP contribution in [0.2, 0.25) is 0 Å². The molecule has 0 radical (unpaired) electrons. The summed E-state index contributed by atoms with van der Waals surface area (Å²) >= 11 is 0. The van der Waals surface area contributed by atoms with Gasteiger partial charge in [-0.25, -0.2) is 4.79 Å². The number of aromatic carboxylic acids is 1. The summed E-state index contributed by atoms with van der Waals surface area (Å²) in [7, 11) is 0. The zero-order valence-corrected chi connectivity index (χ0v) is 19.6. The Morgan fingerprint density at radius 2 is 1.84 bits per heavy atom. The Morgan fingerprint density at radius 1 is 1.13 bits per heavy atom. The van der Waals surface area contributed by atoms with Gasteiger partial charge in [-0.3, -0.25) is 0 Å². The van der Waals surface area contributed by atoms with Gasteiger partial charge in [-0.2, -0.15) is 0 Å². The summed E-state index contributed by atoms with van der Waals surface area (Å²) in [5.74, 6) is 0.591. The topological polar surface area (TPSA) is 77.8 Å². The largest absolute Gasteiger partial charge is 0.508 e. The minimum Gasteiger partial charge on any atom is -0.508 e. The number of aromatic hydroxyl groups is 1. The molecule has 0 aromatic heterocycles.